The molecular weight excluding hydrogens is 428 g/mol. The molecule has 7 nitrogen and oxygen atoms in total. The summed E-state index contributed by atoms with van der Waals surface area (Å²) in [5.74, 6) is 0.216. The standard InChI is InChI=1S/C21H25ClN2O5S/c1-14-12-18(13-15(2)20(14)22)29-16(3)21(25)23-17-4-6-19(7-5-17)30(26,27)24-8-10-28-11-9-24/h4-7,12-13,16H,8-11H2,1-3H3,(H,23,25)/t16-/m0/s1. The minimum atomic E-state index is -3.57. The number of nitrogens with zero attached hydrogens (tertiary/aromatic N) is 1. The predicted octanol–water partition coefficient (Wildman–Crippen LogP) is 3.38. The van der Waals surface area contributed by atoms with E-state index in [1.165, 1.54) is 16.4 Å². The summed E-state index contributed by atoms with van der Waals surface area (Å²) < 4.78 is 37.7. The van der Waals surface area contributed by atoms with Crippen molar-refractivity contribution in [3.8, 4) is 5.75 Å². The van der Waals surface area contributed by atoms with Gasteiger partial charge in [-0.05, 0) is 68.3 Å². The Hall–Kier alpha value is -2.13. The maximum atomic E-state index is 12.7. The molecule has 0 radical (unpaired) electrons. The van der Waals surface area contributed by atoms with Crippen LogP contribution in [0.5, 0.6) is 5.75 Å². The Labute approximate surface area is 182 Å². The Balaban J connectivity index is 1.64. The number of amides is 1. The van der Waals surface area contributed by atoms with E-state index in [-0.39, 0.29) is 10.8 Å². The van der Waals surface area contributed by atoms with Crippen molar-refractivity contribution in [2.45, 2.75) is 31.8 Å². The fourth-order valence-corrected chi connectivity index (χ4v) is 4.64. The number of aryl methyl sites for hydroxylation is 2. The fourth-order valence-electron chi connectivity index (χ4n) is 3.12. The highest BCUT2D eigenvalue weighted by molar-refractivity contribution is 7.89. The zero-order valence-corrected chi connectivity index (χ0v) is 18.7. The first kappa shape index (κ1) is 22.6. The summed E-state index contributed by atoms with van der Waals surface area (Å²) in [7, 11) is -3.57. The third-order valence-electron chi connectivity index (χ3n) is 4.82. The predicted molar refractivity (Wildman–Crippen MR) is 116 cm³/mol. The van der Waals surface area contributed by atoms with Gasteiger partial charge in [-0.1, -0.05) is 11.6 Å². The molecule has 1 N–H and O–H groups in total. The minimum absolute atomic E-state index is 0.179. The van der Waals surface area contributed by atoms with Crippen LogP contribution in [0.3, 0.4) is 0 Å². The number of sulfonamides is 1. The highest BCUT2D eigenvalue weighted by Crippen LogP contribution is 2.26. The number of rotatable bonds is 6. The topological polar surface area (TPSA) is 84.9 Å². The number of halogens is 1. The second-order valence-corrected chi connectivity index (χ2v) is 9.48. The lowest BCUT2D eigenvalue weighted by Crippen LogP contribution is -2.40. The smallest absolute Gasteiger partial charge is 0.265 e. The number of nitrogens with one attached hydrogen (secondary N) is 1. The lowest BCUT2D eigenvalue weighted by molar-refractivity contribution is -0.122. The van der Waals surface area contributed by atoms with Gasteiger partial charge in [-0.25, -0.2) is 8.42 Å². The second-order valence-electron chi connectivity index (χ2n) is 7.16. The van der Waals surface area contributed by atoms with E-state index in [4.69, 9.17) is 21.1 Å². The van der Waals surface area contributed by atoms with E-state index in [0.29, 0.717) is 42.8 Å². The first-order valence-corrected chi connectivity index (χ1v) is 11.4. The molecule has 2 aromatic rings. The van der Waals surface area contributed by atoms with Crippen LogP contribution in [0.25, 0.3) is 0 Å². The minimum Gasteiger partial charge on any atom is -0.481 e. The number of ether oxygens (including phenoxy) is 2. The van der Waals surface area contributed by atoms with Crippen LogP contribution >= 0.6 is 11.6 Å². The molecule has 0 spiro atoms. The third kappa shape index (κ3) is 5.13. The van der Waals surface area contributed by atoms with Crippen molar-refractivity contribution in [2.75, 3.05) is 31.6 Å². The molecule has 9 heteroatoms. The molecule has 0 aliphatic carbocycles. The largest absolute Gasteiger partial charge is 0.481 e. The van der Waals surface area contributed by atoms with Crippen molar-refractivity contribution in [2.24, 2.45) is 0 Å². The van der Waals surface area contributed by atoms with Crippen molar-refractivity contribution >= 4 is 33.2 Å². The van der Waals surface area contributed by atoms with E-state index in [1.807, 2.05) is 13.8 Å². The van der Waals surface area contributed by atoms with Gasteiger partial charge in [0.2, 0.25) is 10.0 Å². The van der Waals surface area contributed by atoms with Crippen LogP contribution in [-0.4, -0.2) is 51.0 Å². The van der Waals surface area contributed by atoms with E-state index in [9.17, 15) is 13.2 Å². The van der Waals surface area contributed by atoms with Crippen LogP contribution in [0.1, 0.15) is 18.1 Å². The Morgan fingerprint density at radius 3 is 2.27 bits per heavy atom. The van der Waals surface area contributed by atoms with Gasteiger partial charge in [0.05, 0.1) is 18.1 Å². The Morgan fingerprint density at radius 2 is 1.70 bits per heavy atom. The maximum Gasteiger partial charge on any atom is 0.265 e. The van der Waals surface area contributed by atoms with Gasteiger partial charge >= 0.3 is 0 Å². The summed E-state index contributed by atoms with van der Waals surface area (Å²) in [5, 5.41) is 3.42. The average molecular weight is 453 g/mol. The van der Waals surface area contributed by atoms with Gasteiger partial charge < -0.3 is 14.8 Å². The SMILES string of the molecule is Cc1cc(O[C@@H](C)C(=O)Nc2ccc(S(=O)(=O)N3CCOCC3)cc2)cc(C)c1Cl. The number of carbonyl (C=O) groups excluding carboxylic acids is 1. The summed E-state index contributed by atoms with van der Waals surface area (Å²) in [6.45, 7) is 6.83. The van der Waals surface area contributed by atoms with E-state index in [0.717, 1.165) is 11.1 Å². The van der Waals surface area contributed by atoms with Gasteiger partial charge in [0.1, 0.15) is 5.75 Å². The highest BCUT2D eigenvalue weighted by Gasteiger charge is 2.26. The van der Waals surface area contributed by atoms with Crippen LogP contribution in [0.15, 0.2) is 41.3 Å². The molecule has 0 aromatic heterocycles. The van der Waals surface area contributed by atoms with Crippen molar-refractivity contribution in [3.05, 3.63) is 52.5 Å². The van der Waals surface area contributed by atoms with Crippen molar-refractivity contribution in [1.82, 2.24) is 4.31 Å². The molecule has 1 heterocycles. The molecular formula is C21H25ClN2O5S. The lowest BCUT2D eigenvalue weighted by Gasteiger charge is -2.26. The van der Waals surface area contributed by atoms with E-state index < -0.39 is 16.1 Å². The zero-order chi connectivity index (χ0) is 21.9. The van der Waals surface area contributed by atoms with Gasteiger partial charge in [0.25, 0.3) is 5.91 Å². The average Bonchev–Trinajstić information content (AvgIpc) is 2.73. The van der Waals surface area contributed by atoms with E-state index in [2.05, 4.69) is 5.32 Å². The number of morpholine rings is 1. The molecule has 0 unspecified atom stereocenters. The third-order valence-corrected chi connectivity index (χ3v) is 7.33. The molecule has 0 bridgehead atoms. The lowest BCUT2D eigenvalue weighted by atomic mass is 10.1. The van der Waals surface area contributed by atoms with Gasteiger partial charge in [-0.15, -0.1) is 0 Å². The normalized spacial score (nSPS) is 16.1. The monoisotopic (exact) mass is 452 g/mol. The summed E-state index contributed by atoms with van der Waals surface area (Å²) in [6, 6.07) is 9.66. The second kappa shape index (κ2) is 9.34. The Morgan fingerprint density at radius 1 is 1.13 bits per heavy atom. The molecule has 1 aliphatic heterocycles. The van der Waals surface area contributed by atoms with Gasteiger partial charge in [0.15, 0.2) is 6.10 Å². The van der Waals surface area contributed by atoms with Gasteiger partial charge in [-0.2, -0.15) is 4.31 Å². The molecule has 1 saturated heterocycles. The molecule has 1 fully saturated rings. The van der Waals surface area contributed by atoms with E-state index in [1.54, 1.807) is 31.2 Å². The van der Waals surface area contributed by atoms with Crippen LogP contribution in [-0.2, 0) is 19.6 Å². The van der Waals surface area contributed by atoms with Gasteiger partial charge in [0, 0.05) is 23.8 Å². The molecule has 0 saturated carbocycles. The molecule has 1 aliphatic rings. The van der Waals surface area contributed by atoms with Crippen molar-refractivity contribution < 1.29 is 22.7 Å². The molecule has 162 valence electrons. The first-order valence-electron chi connectivity index (χ1n) is 9.60. The van der Waals surface area contributed by atoms with Crippen molar-refractivity contribution in [3.63, 3.8) is 0 Å². The quantitative estimate of drug-likeness (QED) is 0.726. The maximum absolute atomic E-state index is 12.7. The Bertz CT molecular complexity index is 995. The summed E-state index contributed by atoms with van der Waals surface area (Å²) in [6.07, 6.45) is -0.748. The Kier molecular flexibility index (Phi) is 7.02. The molecule has 30 heavy (non-hydrogen) atoms. The summed E-state index contributed by atoms with van der Waals surface area (Å²) >= 11 is 6.16. The number of benzene rings is 2. The number of hydrogen-bond donors (Lipinski definition) is 1. The van der Waals surface area contributed by atoms with Gasteiger partial charge in [-0.3, -0.25) is 4.79 Å². The highest BCUT2D eigenvalue weighted by atomic mass is 35.5. The van der Waals surface area contributed by atoms with Crippen LogP contribution in [0, 0.1) is 13.8 Å². The summed E-state index contributed by atoms with van der Waals surface area (Å²) in [5.41, 5.74) is 2.23. The van der Waals surface area contributed by atoms with Crippen LogP contribution in [0.4, 0.5) is 5.69 Å². The van der Waals surface area contributed by atoms with Crippen molar-refractivity contribution in [1.29, 1.82) is 0 Å². The molecule has 3 rings (SSSR count). The van der Waals surface area contributed by atoms with E-state index >= 15 is 0 Å². The summed E-state index contributed by atoms with van der Waals surface area (Å²) in [4.78, 5) is 12.7. The molecule has 1 amide bonds. The first-order chi connectivity index (χ1) is 14.2. The molecule has 1 atom stereocenters. The number of anilines is 1. The van der Waals surface area contributed by atoms with Crippen LogP contribution < -0.4 is 10.1 Å². The van der Waals surface area contributed by atoms with Crippen LogP contribution in [0.2, 0.25) is 5.02 Å². The number of carbonyl (C=O) groups is 1. The zero-order valence-electron chi connectivity index (χ0n) is 17.1. The number of hydrogen-bond acceptors (Lipinski definition) is 5. The molecule has 2 aromatic carbocycles. The fraction of sp³-hybridized carbons (Fsp3) is 0.381.